The van der Waals surface area contributed by atoms with Gasteiger partial charge in [0.05, 0.1) is 4.88 Å². The zero-order chi connectivity index (χ0) is 18.0. The summed E-state index contributed by atoms with van der Waals surface area (Å²) in [6.45, 7) is 5.92. The molecule has 3 rings (SSSR count). The first-order chi connectivity index (χ1) is 12.0. The Morgan fingerprint density at radius 3 is 2.76 bits per heavy atom. The van der Waals surface area contributed by atoms with Crippen LogP contribution in [0.5, 0.6) is 0 Å². The van der Waals surface area contributed by atoms with Crippen LogP contribution in [0.2, 0.25) is 5.02 Å². The maximum atomic E-state index is 12.3. The van der Waals surface area contributed by atoms with Crippen LogP contribution in [-0.2, 0) is 0 Å². The second-order valence-electron chi connectivity index (χ2n) is 6.09. The van der Waals surface area contributed by atoms with Crippen molar-refractivity contribution in [3.63, 3.8) is 0 Å². The van der Waals surface area contributed by atoms with Gasteiger partial charge >= 0.3 is 0 Å². The lowest BCUT2D eigenvalue weighted by molar-refractivity contribution is 0.0918. The van der Waals surface area contributed by atoms with Gasteiger partial charge in [0, 0.05) is 10.6 Å². The van der Waals surface area contributed by atoms with Crippen LogP contribution in [-0.4, -0.2) is 16.0 Å². The van der Waals surface area contributed by atoms with Crippen molar-refractivity contribution in [2.75, 3.05) is 0 Å². The van der Waals surface area contributed by atoms with Gasteiger partial charge in [0.1, 0.15) is 6.04 Å². The summed E-state index contributed by atoms with van der Waals surface area (Å²) in [6, 6.07) is 8.87. The molecule has 2 heterocycles. The molecule has 7 heteroatoms. The van der Waals surface area contributed by atoms with Gasteiger partial charge in [-0.05, 0) is 35.9 Å². The van der Waals surface area contributed by atoms with Crippen molar-refractivity contribution in [1.82, 2.24) is 15.5 Å². The van der Waals surface area contributed by atoms with Crippen LogP contribution < -0.4 is 5.32 Å². The minimum absolute atomic E-state index is 0.0961. The van der Waals surface area contributed by atoms with Gasteiger partial charge in [0.15, 0.2) is 0 Å². The van der Waals surface area contributed by atoms with Crippen LogP contribution in [0.25, 0.3) is 11.4 Å². The highest BCUT2D eigenvalue weighted by Gasteiger charge is 2.25. The molecule has 1 atom stereocenters. The quantitative estimate of drug-likeness (QED) is 0.689. The molecular weight excluding hydrogens is 358 g/mol. The normalized spacial score (nSPS) is 12.4. The number of carbonyl (C=O) groups is 1. The maximum absolute atomic E-state index is 12.3. The molecule has 0 aliphatic heterocycles. The van der Waals surface area contributed by atoms with Crippen LogP contribution in [0.1, 0.15) is 41.0 Å². The zero-order valence-electron chi connectivity index (χ0n) is 14.1. The number of carbonyl (C=O) groups excluding carboxylic acids is 1. The van der Waals surface area contributed by atoms with Gasteiger partial charge in [-0.1, -0.05) is 48.8 Å². The molecule has 1 amide bonds. The van der Waals surface area contributed by atoms with E-state index in [4.69, 9.17) is 16.1 Å². The van der Waals surface area contributed by atoms with Crippen molar-refractivity contribution in [2.45, 2.75) is 26.8 Å². The number of nitrogens with one attached hydrogen (secondary N) is 1. The van der Waals surface area contributed by atoms with Crippen LogP contribution in [0.4, 0.5) is 0 Å². The molecule has 0 fully saturated rings. The Morgan fingerprint density at radius 2 is 2.12 bits per heavy atom. The van der Waals surface area contributed by atoms with E-state index in [0.717, 1.165) is 11.1 Å². The number of amides is 1. The molecule has 0 aliphatic carbocycles. The van der Waals surface area contributed by atoms with Crippen molar-refractivity contribution < 1.29 is 9.32 Å². The molecule has 5 nitrogen and oxygen atoms in total. The third kappa shape index (κ3) is 3.91. The molecule has 0 saturated carbocycles. The lowest BCUT2D eigenvalue weighted by Gasteiger charge is -2.17. The number of benzene rings is 1. The minimum atomic E-state index is -0.364. The van der Waals surface area contributed by atoms with Crippen molar-refractivity contribution in [3.8, 4) is 11.4 Å². The fraction of sp³-hybridized carbons (Fsp3) is 0.278. The Balaban J connectivity index is 1.84. The first-order valence-electron chi connectivity index (χ1n) is 7.90. The Kier molecular flexibility index (Phi) is 5.20. The van der Waals surface area contributed by atoms with Crippen molar-refractivity contribution in [3.05, 3.63) is 57.1 Å². The highest BCUT2D eigenvalue weighted by Crippen LogP contribution is 2.27. The summed E-state index contributed by atoms with van der Waals surface area (Å²) in [7, 11) is 0. The van der Waals surface area contributed by atoms with E-state index in [-0.39, 0.29) is 17.9 Å². The summed E-state index contributed by atoms with van der Waals surface area (Å²) < 4.78 is 5.42. The van der Waals surface area contributed by atoms with Gasteiger partial charge in [-0.3, -0.25) is 4.79 Å². The number of hydrogen-bond acceptors (Lipinski definition) is 5. The molecule has 0 spiro atoms. The molecule has 130 valence electrons. The van der Waals surface area contributed by atoms with Crippen LogP contribution >= 0.6 is 22.9 Å². The van der Waals surface area contributed by atoms with E-state index in [9.17, 15) is 4.79 Å². The van der Waals surface area contributed by atoms with Crippen molar-refractivity contribution in [1.29, 1.82) is 0 Å². The fourth-order valence-corrected chi connectivity index (χ4v) is 3.15. The molecule has 0 unspecified atom stereocenters. The first kappa shape index (κ1) is 17.6. The van der Waals surface area contributed by atoms with Crippen LogP contribution in [0.3, 0.4) is 0 Å². The standard InChI is InChI=1S/C18H18ClN3O2S/c1-10(2)15(20-17(23)14-5-4-8-25-14)18-21-16(22-24-18)12-7-6-11(3)13(19)9-12/h4-10,15H,1-3H3,(H,20,23)/t15-/m0/s1. The average molecular weight is 376 g/mol. The zero-order valence-corrected chi connectivity index (χ0v) is 15.7. The highest BCUT2D eigenvalue weighted by molar-refractivity contribution is 7.12. The lowest BCUT2D eigenvalue weighted by atomic mass is 10.0. The maximum Gasteiger partial charge on any atom is 0.262 e. The predicted octanol–water partition coefficient (Wildman–Crippen LogP) is 4.89. The number of thiophene rings is 1. The molecule has 0 bridgehead atoms. The molecule has 0 aliphatic rings. The second-order valence-corrected chi connectivity index (χ2v) is 7.45. The largest absolute Gasteiger partial charge is 0.339 e. The van der Waals surface area contributed by atoms with Gasteiger partial charge in [0.25, 0.3) is 5.91 Å². The third-order valence-electron chi connectivity index (χ3n) is 3.84. The Bertz CT molecular complexity index is 874. The monoisotopic (exact) mass is 375 g/mol. The van der Waals surface area contributed by atoms with E-state index in [0.29, 0.717) is 21.6 Å². The number of nitrogens with zero attached hydrogens (tertiary/aromatic N) is 2. The number of aryl methyl sites for hydroxylation is 1. The summed E-state index contributed by atoms with van der Waals surface area (Å²) in [4.78, 5) is 17.5. The predicted molar refractivity (Wildman–Crippen MR) is 98.8 cm³/mol. The number of hydrogen-bond donors (Lipinski definition) is 1. The van der Waals surface area contributed by atoms with E-state index in [1.807, 2.05) is 44.4 Å². The van der Waals surface area contributed by atoms with Gasteiger partial charge in [-0.25, -0.2) is 0 Å². The van der Waals surface area contributed by atoms with E-state index < -0.39 is 0 Å². The first-order valence-corrected chi connectivity index (χ1v) is 9.16. The van der Waals surface area contributed by atoms with Crippen LogP contribution in [0, 0.1) is 12.8 Å². The smallest absolute Gasteiger partial charge is 0.262 e. The minimum Gasteiger partial charge on any atom is -0.339 e. The van der Waals surface area contributed by atoms with E-state index in [2.05, 4.69) is 15.5 Å². The second kappa shape index (κ2) is 7.37. The summed E-state index contributed by atoms with van der Waals surface area (Å²) in [5.41, 5.74) is 1.76. The van der Waals surface area contributed by atoms with Crippen LogP contribution in [0.15, 0.2) is 40.2 Å². The fourth-order valence-electron chi connectivity index (χ4n) is 2.34. The van der Waals surface area contributed by atoms with E-state index >= 15 is 0 Å². The van der Waals surface area contributed by atoms with Crippen molar-refractivity contribution >= 4 is 28.8 Å². The number of halogens is 1. The third-order valence-corrected chi connectivity index (χ3v) is 5.11. The molecule has 0 radical (unpaired) electrons. The van der Waals surface area contributed by atoms with E-state index in [1.165, 1.54) is 11.3 Å². The highest BCUT2D eigenvalue weighted by atomic mass is 35.5. The van der Waals surface area contributed by atoms with Gasteiger partial charge in [0.2, 0.25) is 11.7 Å². The van der Waals surface area contributed by atoms with E-state index in [1.54, 1.807) is 12.1 Å². The average Bonchev–Trinajstić information content (AvgIpc) is 3.26. The Hall–Kier alpha value is -2.18. The molecule has 0 saturated heterocycles. The summed E-state index contributed by atoms with van der Waals surface area (Å²) in [6.07, 6.45) is 0. The van der Waals surface area contributed by atoms with Gasteiger partial charge in [-0.15, -0.1) is 11.3 Å². The molecule has 1 aromatic carbocycles. The number of rotatable bonds is 5. The Morgan fingerprint density at radius 1 is 1.32 bits per heavy atom. The molecule has 2 aromatic heterocycles. The number of aromatic nitrogens is 2. The van der Waals surface area contributed by atoms with Crippen molar-refractivity contribution in [2.24, 2.45) is 5.92 Å². The summed E-state index contributed by atoms with van der Waals surface area (Å²) in [5.74, 6) is 0.783. The molecule has 1 N–H and O–H groups in total. The SMILES string of the molecule is Cc1ccc(-c2noc([C@@H](NC(=O)c3cccs3)C(C)C)n2)cc1Cl. The van der Waals surface area contributed by atoms with Gasteiger partial charge in [-0.2, -0.15) is 4.98 Å². The Labute approximate surface area is 155 Å². The molecule has 3 aromatic rings. The molecule has 25 heavy (non-hydrogen) atoms. The lowest BCUT2D eigenvalue weighted by Crippen LogP contribution is -2.31. The topological polar surface area (TPSA) is 68.0 Å². The summed E-state index contributed by atoms with van der Waals surface area (Å²) >= 11 is 7.56. The summed E-state index contributed by atoms with van der Waals surface area (Å²) in [5, 5.41) is 9.52. The van der Waals surface area contributed by atoms with Gasteiger partial charge < -0.3 is 9.84 Å². The molecular formula is C18H18ClN3O2S.